The number of nitrogen functional groups attached to an aromatic ring is 1. The van der Waals surface area contributed by atoms with Gasteiger partial charge in [-0.05, 0) is 42.5 Å². The van der Waals surface area contributed by atoms with Crippen LogP contribution in [0.1, 0.15) is 0 Å². The Hall–Kier alpha value is -1.72. The Morgan fingerprint density at radius 1 is 1.06 bits per heavy atom. The van der Waals surface area contributed by atoms with Gasteiger partial charge in [-0.25, -0.2) is 4.99 Å². The molecule has 0 spiro atoms. The number of fused-ring (bicyclic) bond motifs is 1. The lowest BCUT2D eigenvalue weighted by molar-refractivity contribution is 1.34. The average molecular weight is 259 g/mol. The highest BCUT2D eigenvalue weighted by Gasteiger charge is 2.03. The maximum Gasteiger partial charge on any atom is 0.0951 e. The molecule has 1 aromatic rings. The van der Waals surface area contributed by atoms with E-state index in [0.717, 1.165) is 22.4 Å². The van der Waals surface area contributed by atoms with E-state index in [0.29, 0.717) is 0 Å². The number of hydrogen-bond acceptors (Lipinski definition) is 5. The summed E-state index contributed by atoms with van der Waals surface area (Å²) in [6.45, 7) is 0. The minimum Gasteiger partial charge on any atom is -0.399 e. The largest absolute Gasteiger partial charge is 0.399 e. The Kier molecular flexibility index (Phi) is 2.62. The predicted molar refractivity (Wildman–Crippen MR) is 72.7 cm³/mol. The summed E-state index contributed by atoms with van der Waals surface area (Å²) >= 11 is 0. The molecule has 2 N–H and O–H groups in total. The Bertz CT molecular complexity index is 667. The zero-order chi connectivity index (χ0) is 11.7. The number of rotatable bonds is 1. The van der Waals surface area contributed by atoms with Crippen LogP contribution in [0.5, 0.6) is 0 Å². The van der Waals surface area contributed by atoms with Gasteiger partial charge in [0.05, 0.1) is 21.6 Å². The summed E-state index contributed by atoms with van der Waals surface area (Å²) in [5.74, 6) is 0. The smallest absolute Gasteiger partial charge is 0.0951 e. The van der Waals surface area contributed by atoms with E-state index in [1.54, 1.807) is 10.3 Å². The van der Waals surface area contributed by atoms with Crippen LogP contribution >= 0.6 is 20.9 Å². The van der Waals surface area contributed by atoms with Gasteiger partial charge in [0.1, 0.15) is 0 Å². The molecule has 1 heterocycles. The molecule has 1 aliphatic carbocycles. The van der Waals surface area contributed by atoms with Crippen molar-refractivity contribution in [1.29, 1.82) is 0 Å². The van der Waals surface area contributed by atoms with Crippen molar-refractivity contribution in [3.8, 4) is 10.6 Å². The van der Waals surface area contributed by atoms with Gasteiger partial charge in [-0.3, -0.25) is 0 Å². The quantitative estimate of drug-likeness (QED) is 0.539. The molecule has 2 aliphatic rings. The van der Waals surface area contributed by atoms with E-state index in [1.165, 1.54) is 15.4 Å². The summed E-state index contributed by atoms with van der Waals surface area (Å²) < 4.78 is 4.28. The van der Waals surface area contributed by atoms with E-state index in [9.17, 15) is 0 Å². The molecule has 0 aromatic heterocycles. The van der Waals surface area contributed by atoms with Crippen LogP contribution in [0, 0.1) is 0 Å². The second-order valence-corrected chi connectivity index (χ2v) is 5.49. The molecule has 0 atom stereocenters. The van der Waals surface area contributed by atoms with E-state index >= 15 is 0 Å². The molecule has 17 heavy (non-hydrogen) atoms. The van der Waals surface area contributed by atoms with Crippen molar-refractivity contribution in [2.75, 3.05) is 5.73 Å². The molecular formula is C12H9N3S2. The fourth-order valence-corrected chi connectivity index (χ4v) is 3.29. The van der Waals surface area contributed by atoms with Crippen LogP contribution in [-0.2, 0) is 0 Å². The SMILES string of the molecule is Nc1ccc(/N=c2\ccc3nssc-3c2)cc1. The van der Waals surface area contributed by atoms with Crippen LogP contribution in [0.2, 0.25) is 0 Å². The molecule has 3 rings (SSSR count). The third-order valence-electron chi connectivity index (χ3n) is 2.36. The Morgan fingerprint density at radius 2 is 1.88 bits per heavy atom. The number of hydrogen-bond donors (Lipinski definition) is 1. The zero-order valence-electron chi connectivity index (χ0n) is 8.83. The minimum atomic E-state index is 0.753. The highest BCUT2D eigenvalue weighted by Crippen LogP contribution is 2.26. The van der Waals surface area contributed by atoms with Crippen molar-refractivity contribution < 1.29 is 0 Å². The second-order valence-electron chi connectivity index (χ2n) is 3.60. The first-order valence-electron chi connectivity index (χ1n) is 5.07. The molecule has 0 fully saturated rings. The molecule has 0 bridgehead atoms. The van der Waals surface area contributed by atoms with Crippen molar-refractivity contribution in [2.45, 2.75) is 0 Å². The van der Waals surface area contributed by atoms with Crippen molar-refractivity contribution in [2.24, 2.45) is 4.99 Å². The molecule has 5 heteroatoms. The first-order valence-corrected chi connectivity index (χ1v) is 7.18. The van der Waals surface area contributed by atoms with Gasteiger partial charge >= 0.3 is 0 Å². The molecule has 0 radical (unpaired) electrons. The number of nitrogens with two attached hydrogens (primary N) is 1. The summed E-state index contributed by atoms with van der Waals surface area (Å²) in [7, 11) is 3.17. The van der Waals surface area contributed by atoms with Gasteiger partial charge in [0, 0.05) is 16.2 Å². The molecule has 1 aromatic carbocycles. The van der Waals surface area contributed by atoms with Gasteiger partial charge in [0.25, 0.3) is 0 Å². The first kappa shape index (κ1) is 10.4. The van der Waals surface area contributed by atoms with Crippen LogP contribution in [0.3, 0.4) is 0 Å². The van der Waals surface area contributed by atoms with Crippen LogP contribution in [-0.4, -0.2) is 4.37 Å². The highest BCUT2D eigenvalue weighted by molar-refractivity contribution is 7.68. The topological polar surface area (TPSA) is 51.3 Å². The molecule has 0 saturated carbocycles. The molecule has 0 amide bonds. The van der Waals surface area contributed by atoms with Crippen LogP contribution in [0.25, 0.3) is 10.6 Å². The third kappa shape index (κ3) is 2.20. The lowest BCUT2D eigenvalue weighted by Gasteiger charge is -1.96. The highest BCUT2D eigenvalue weighted by atomic mass is 32.9. The minimum absolute atomic E-state index is 0.753. The average Bonchev–Trinajstić information content (AvgIpc) is 2.79. The van der Waals surface area contributed by atoms with E-state index in [1.807, 2.05) is 36.4 Å². The van der Waals surface area contributed by atoms with Crippen LogP contribution in [0.15, 0.2) is 47.5 Å². The Labute approximate surface area is 106 Å². The summed E-state index contributed by atoms with van der Waals surface area (Å²) in [4.78, 5) is 5.71. The van der Waals surface area contributed by atoms with Gasteiger partial charge in [-0.2, -0.15) is 4.37 Å². The summed E-state index contributed by atoms with van der Waals surface area (Å²) in [5.41, 5.74) is 8.33. The standard InChI is InChI=1S/C12H9N3S2/c13-8-1-3-9(4-2-8)14-10-5-6-11-12(7-10)16-17-15-11/h1-7H,13H2/b14-10+. The van der Waals surface area contributed by atoms with Gasteiger partial charge in [0.2, 0.25) is 0 Å². The maximum absolute atomic E-state index is 5.63. The third-order valence-corrected chi connectivity index (χ3v) is 4.20. The van der Waals surface area contributed by atoms with E-state index < -0.39 is 0 Å². The molecule has 3 nitrogen and oxygen atoms in total. The lowest BCUT2D eigenvalue weighted by atomic mass is 10.2. The second kappa shape index (κ2) is 4.27. The summed E-state index contributed by atoms with van der Waals surface area (Å²) in [6, 6.07) is 13.6. The van der Waals surface area contributed by atoms with Gasteiger partial charge in [-0.15, -0.1) is 0 Å². The number of aromatic nitrogens is 1. The fraction of sp³-hybridized carbons (Fsp3) is 0. The number of benzene rings is 2. The molecule has 84 valence electrons. The number of nitrogens with zero attached hydrogens (tertiary/aromatic N) is 2. The monoisotopic (exact) mass is 259 g/mol. The Morgan fingerprint density at radius 3 is 2.71 bits per heavy atom. The van der Waals surface area contributed by atoms with Gasteiger partial charge in [0.15, 0.2) is 0 Å². The van der Waals surface area contributed by atoms with E-state index in [4.69, 9.17) is 5.73 Å². The number of anilines is 1. The maximum atomic E-state index is 5.63. The predicted octanol–water partition coefficient (Wildman–Crippen LogP) is 3.12. The molecular weight excluding hydrogens is 250 g/mol. The van der Waals surface area contributed by atoms with Crippen molar-refractivity contribution in [1.82, 2.24) is 4.37 Å². The summed E-state index contributed by atoms with van der Waals surface area (Å²) in [6.07, 6.45) is 0. The lowest BCUT2D eigenvalue weighted by Crippen LogP contribution is -1.99. The molecule has 1 aliphatic heterocycles. The van der Waals surface area contributed by atoms with Gasteiger partial charge in [-0.1, -0.05) is 10.3 Å². The van der Waals surface area contributed by atoms with Crippen molar-refractivity contribution in [3.05, 3.63) is 47.8 Å². The van der Waals surface area contributed by atoms with E-state index in [-0.39, 0.29) is 0 Å². The van der Waals surface area contributed by atoms with Crippen LogP contribution in [0.4, 0.5) is 11.4 Å². The molecule has 0 unspecified atom stereocenters. The normalized spacial score (nSPS) is 12.1. The van der Waals surface area contributed by atoms with E-state index in [2.05, 4.69) is 15.4 Å². The fourth-order valence-electron chi connectivity index (χ4n) is 1.51. The van der Waals surface area contributed by atoms with Crippen LogP contribution < -0.4 is 11.1 Å². The van der Waals surface area contributed by atoms with Gasteiger partial charge < -0.3 is 5.73 Å². The zero-order valence-corrected chi connectivity index (χ0v) is 10.5. The Balaban J connectivity index is 2.09. The first-order chi connectivity index (χ1) is 8.31. The van der Waals surface area contributed by atoms with Crippen molar-refractivity contribution >= 4 is 32.3 Å². The summed E-state index contributed by atoms with van der Waals surface area (Å²) in [5, 5.41) is 0.943. The van der Waals surface area contributed by atoms with Crippen molar-refractivity contribution in [3.63, 3.8) is 0 Å². The molecule has 0 saturated heterocycles.